The molecular formula is C23H17IrN2O-. The molecule has 0 N–H and O–H groups in total. The maximum Gasteiger partial charge on any atom is 0.0781 e. The van der Waals surface area contributed by atoms with Gasteiger partial charge >= 0.3 is 0 Å². The van der Waals surface area contributed by atoms with Crippen LogP contribution in [0.15, 0.2) is 79.1 Å². The molecule has 0 atom stereocenters. The first-order valence-electron chi connectivity index (χ1n) is 8.76. The summed E-state index contributed by atoms with van der Waals surface area (Å²) in [6, 6.07) is 26.3. The van der Waals surface area contributed by atoms with Crippen LogP contribution in [0.5, 0.6) is 5.75 Å². The Morgan fingerprint density at radius 1 is 1.00 bits per heavy atom. The summed E-state index contributed by atoms with van der Waals surface area (Å²) in [5, 5.41) is 0. The number of hydrogen-bond acceptors (Lipinski definition) is 2. The van der Waals surface area contributed by atoms with Crippen molar-refractivity contribution >= 4 is 0 Å². The third kappa shape index (κ3) is 3.23. The van der Waals surface area contributed by atoms with E-state index in [4.69, 9.17) is 4.74 Å². The number of benzene rings is 3. The van der Waals surface area contributed by atoms with Gasteiger partial charge in [-0.1, -0.05) is 54.1 Å². The Morgan fingerprint density at radius 2 is 1.81 bits per heavy atom. The van der Waals surface area contributed by atoms with Crippen LogP contribution >= 0.6 is 0 Å². The van der Waals surface area contributed by atoms with E-state index in [2.05, 4.69) is 70.2 Å². The monoisotopic (exact) mass is 530 g/mol. The summed E-state index contributed by atoms with van der Waals surface area (Å²) in [4.78, 5) is 4.61. The van der Waals surface area contributed by atoms with Gasteiger partial charge in [0.1, 0.15) is 0 Å². The van der Waals surface area contributed by atoms with Crippen LogP contribution in [0.3, 0.4) is 0 Å². The largest absolute Gasteiger partial charge is 0.536 e. The molecule has 1 aliphatic heterocycles. The fourth-order valence-electron chi connectivity index (χ4n) is 3.50. The van der Waals surface area contributed by atoms with Gasteiger partial charge in [0.15, 0.2) is 0 Å². The van der Waals surface area contributed by atoms with Crippen molar-refractivity contribution in [3.8, 4) is 34.0 Å². The standard InChI is InChI=1S/C23H17N2O.Ir/c1-2-6-17(7-3-1)20-8-4-5-9-21(20)25-14-13-24-23(25)19-10-11-22-18(16-19)12-15-26-22;/h1-9,11,13-14,16H,12,15H2;/q-1;. The van der Waals surface area contributed by atoms with E-state index in [1.54, 1.807) is 0 Å². The van der Waals surface area contributed by atoms with E-state index in [0.29, 0.717) is 0 Å². The molecule has 0 aliphatic carbocycles. The van der Waals surface area contributed by atoms with Crippen molar-refractivity contribution in [3.05, 3.63) is 90.8 Å². The number of ether oxygens (including phenoxy) is 1. The topological polar surface area (TPSA) is 27.1 Å². The molecule has 0 fully saturated rings. The molecule has 3 aromatic carbocycles. The van der Waals surface area contributed by atoms with Gasteiger partial charge in [-0.25, -0.2) is 0 Å². The van der Waals surface area contributed by atoms with E-state index < -0.39 is 0 Å². The van der Waals surface area contributed by atoms with Gasteiger partial charge in [0.05, 0.1) is 12.4 Å². The first kappa shape index (κ1) is 17.7. The second kappa shape index (κ2) is 7.51. The second-order valence-electron chi connectivity index (χ2n) is 6.34. The molecule has 135 valence electrons. The van der Waals surface area contributed by atoms with Crippen LogP contribution in [0, 0.1) is 6.07 Å². The van der Waals surface area contributed by atoms with Gasteiger partial charge in [0, 0.05) is 49.5 Å². The van der Waals surface area contributed by atoms with Crippen molar-refractivity contribution in [2.45, 2.75) is 6.42 Å². The van der Waals surface area contributed by atoms with Crippen LogP contribution in [0.25, 0.3) is 28.2 Å². The van der Waals surface area contributed by atoms with Crippen molar-refractivity contribution in [3.63, 3.8) is 0 Å². The van der Waals surface area contributed by atoms with Gasteiger partial charge in [-0.15, -0.1) is 23.8 Å². The summed E-state index contributed by atoms with van der Waals surface area (Å²) in [7, 11) is 0. The number of aromatic nitrogens is 2. The van der Waals surface area contributed by atoms with Crippen LogP contribution < -0.4 is 4.74 Å². The smallest absolute Gasteiger partial charge is 0.0781 e. The zero-order chi connectivity index (χ0) is 17.3. The number of nitrogens with zero attached hydrogens (tertiary/aromatic N) is 2. The number of para-hydroxylation sites is 1. The third-order valence-electron chi connectivity index (χ3n) is 4.75. The minimum absolute atomic E-state index is 0. The van der Waals surface area contributed by atoms with Crippen molar-refractivity contribution < 1.29 is 24.8 Å². The molecule has 3 nitrogen and oxygen atoms in total. The minimum Gasteiger partial charge on any atom is -0.536 e. The van der Waals surface area contributed by atoms with Crippen LogP contribution in [-0.4, -0.2) is 16.2 Å². The first-order chi connectivity index (χ1) is 12.9. The molecule has 0 spiro atoms. The molecule has 4 heteroatoms. The summed E-state index contributed by atoms with van der Waals surface area (Å²) in [6.45, 7) is 0.748. The molecule has 2 heterocycles. The Balaban J connectivity index is 0.00000180. The zero-order valence-corrected chi connectivity index (χ0v) is 17.0. The molecule has 1 aromatic heterocycles. The zero-order valence-electron chi connectivity index (χ0n) is 14.6. The van der Waals surface area contributed by atoms with Crippen molar-refractivity contribution in [1.29, 1.82) is 0 Å². The molecule has 1 radical (unpaired) electrons. The number of fused-ring (bicyclic) bond motifs is 1. The molecule has 1 aliphatic rings. The molecule has 0 saturated heterocycles. The minimum atomic E-state index is 0. The Labute approximate surface area is 172 Å². The fourth-order valence-corrected chi connectivity index (χ4v) is 3.50. The quantitative estimate of drug-likeness (QED) is 0.352. The molecule has 5 rings (SSSR count). The average molecular weight is 530 g/mol. The third-order valence-corrected chi connectivity index (χ3v) is 4.75. The first-order valence-corrected chi connectivity index (χ1v) is 8.76. The van der Waals surface area contributed by atoms with Gasteiger partial charge in [-0.2, -0.15) is 0 Å². The van der Waals surface area contributed by atoms with Gasteiger partial charge in [-0.3, -0.25) is 4.98 Å². The van der Waals surface area contributed by atoms with E-state index in [1.807, 2.05) is 24.5 Å². The van der Waals surface area contributed by atoms with E-state index in [0.717, 1.165) is 35.9 Å². The normalized spacial score (nSPS) is 12.1. The van der Waals surface area contributed by atoms with Gasteiger partial charge in [-0.05, 0) is 18.1 Å². The summed E-state index contributed by atoms with van der Waals surface area (Å²) in [5.41, 5.74) is 5.69. The van der Waals surface area contributed by atoms with Crippen molar-refractivity contribution in [1.82, 2.24) is 9.55 Å². The predicted octanol–water partition coefficient (Wildman–Crippen LogP) is 4.94. The van der Waals surface area contributed by atoms with Gasteiger partial charge in [0.2, 0.25) is 0 Å². The fraction of sp³-hybridized carbons (Fsp3) is 0.0870. The Bertz CT molecular complexity index is 1070. The number of rotatable bonds is 3. The molecule has 27 heavy (non-hydrogen) atoms. The Kier molecular flexibility index (Phi) is 4.93. The van der Waals surface area contributed by atoms with Crippen LogP contribution in [-0.2, 0) is 26.5 Å². The summed E-state index contributed by atoms with van der Waals surface area (Å²) >= 11 is 0. The molecule has 4 aromatic rings. The molecule has 0 bridgehead atoms. The number of imidazole rings is 1. The van der Waals surface area contributed by atoms with Crippen LogP contribution in [0.2, 0.25) is 0 Å². The molecule has 0 amide bonds. The summed E-state index contributed by atoms with van der Waals surface area (Å²) in [6.07, 6.45) is 4.79. The van der Waals surface area contributed by atoms with Crippen LogP contribution in [0.4, 0.5) is 0 Å². The van der Waals surface area contributed by atoms with E-state index in [-0.39, 0.29) is 20.1 Å². The summed E-state index contributed by atoms with van der Waals surface area (Å²) in [5.74, 6) is 1.83. The van der Waals surface area contributed by atoms with Gasteiger partial charge in [0.25, 0.3) is 0 Å². The van der Waals surface area contributed by atoms with E-state index >= 15 is 0 Å². The number of hydrogen-bond donors (Lipinski definition) is 0. The average Bonchev–Trinajstić information content (AvgIpc) is 3.37. The van der Waals surface area contributed by atoms with E-state index in [1.165, 1.54) is 16.7 Å². The SMILES string of the molecule is [Ir].[c-]1cc2c(cc1-c1nccn1-c1ccccc1-c1ccccc1)CCO2. The molecule has 0 saturated carbocycles. The van der Waals surface area contributed by atoms with Crippen molar-refractivity contribution in [2.75, 3.05) is 6.61 Å². The summed E-state index contributed by atoms with van der Waals surface area (Å²) < 4.78 is 7.74. The second-order valence-corrected chi connectivity index (χ2v) is 6.34. The maximum absolute atomic E-state index is 5.60. The molecular weight excluding hydrogens is 512 g/mol. The Hall–Kier alpha value is -2.68. The Morgan fingerprint density at radius 3 is 2.70 bits per heavy atom. The molecule has 0 unspecified atom stereocenters. The van der Waals surface area contributed by atoms with E-state index in [9.17, 15) is 0 Å². The van der Waals surface area contributed by atoms with Crippen molar-refractivity contribution in [2.24, 2.45) is 0 Å². The van der Waals surface area contributed by atoms with Gasteiger partial charge < -0.3 is 9.30 Å². The van der Waals surface area contributed by atoms with Crippen LogP contribution in [0.1, 0.15) is 5.56 Å². The predicted molar refractivity (Wildman–Crippen MR) is 102 cm³/mol. The maximum atomic E-state index is 5.60.